The second-order valence-corrected chi connectivity index (χ2v) is 4.86. The zero-order valence-corrected chi connectivity index (χ0v) is 11.0. The number of carboxylic acids is 1. The van der Waals surface area contributed by atoms with E-state index in [0.29, 0.717) is 6.42 Å². The fourth-order valence-electron chi connectivity index (χ4n) is 2.37. The summed E-state index contributed by atoms with van der Waals surface area (Å²) in [5.41, 5.74) is 0. The molecule has 0 spiro atoms. The van der Waals surface area contributed by atoms with Crippen molar-refractivity contribution in [1.29, 1.82) is 0 Å². The number of hydrogen-bond acceptors (Lipinski definition) is 4. The third-order valence-electron chi connectivity index (χ3n) is 3.45. The summed E-state index contributed by atoms with van der Waals surface area (Å²) in [5, 5.41) is 12.3. The summed E-state index contributed by atoms with van der Waals surface area (Å²) in [5.74, 6) is -1.24. The molecular formula is C13H23NO4. The molecule has 1 rings (SSSR count). The predicted octanol–water partition coefficient (Wildman–Crippen LogP) is 1.71. The Balaban J connectivity index is 2.40. The van der Waals surface area contributed by atoms with Crippen molar-refractivity contribution < 1.29 is 19.4 Å². The average Bonchev–Trinajstić information content (AvgIpc) is 2.62. The summed E-state index contributed by atoms with van der Waals surface area (Å²) in [7, 11) is 1.32. The van der Waals surface area contributed by atoms with Gasteiger partial charge in [-0.1, -0.05) is 25.7 Å². The molecule has 1 saturated carbocycles. The second-order valence-electron chi connectivity index (χ2n) is 4.86. The van der Waals surface area contributed by atoms with Crippen molar-refractivity contribution in [2.75, 3.05) is 7.11 Å². The third-order valence-corrected chi connectivity index (χ3v) is 3.45. The van der Waals surface area contributed by atoms with E-state index in [9.17, 15) is 9.59 Å². The number of esters is 1. The van der Waals surface area contributed by atoms with Crippen LogP contribution in [-0.4, -0.2) is 36.2 Å². The molecule has 0 radical (unpaired) electrons. The minimum atomic E-state index is -0.886. The highest BCUT2D eigenvalue weighted by Crippen LogP contribution is 2.18. The Hall–Kier alpha value is -1.10. The van der Waals surface area contributed by atoms with Crippen LogP contribution in [0.2, 0.25) is 0 Å². The molecule has 104 valence electrons. The topological polar surface area (TPSA) is 75.6 Å². The van der Waals surface area contributed by atoms with Crippen LogP contribution in [0.5, 0.6) is 0 Å². The number of nitrogens with one attached hydrogen (secondary N) is 1. The Bertz CT molecular complexity index is 272. The molecule has 1 fully saturated rings. The first-order chi connectivity index (χ1) is 8.63. The van der Waals surface area contributed by atoms with Crippen LogP contribution in [0, 0.1) is 0 Å². The van der Waals surface area contributed by atoms with Gasteiger partial charge in [-0.25, -0.2) is 0 Å². The summed E-state index contributed by atoms with van der Waals surface area (Å²) >= 11 is 0. The highest BCUT2D eigenvalue weighted by molar-refractivity contribution is 5.75. The molecule has 1 unspecified atom stereocenters. The largest absolute Gasteiger partial charge is 0.480 e. The Morgan fingerprint density at radius 2 is 1.89 bits per heavy atom. The van der Waals surface area contributed by atoms with Gasteiger partial charge in [-0.15, -0.1) is 0 Å². The number of ether oxygens (including phenoxy) is 1. The van der Waals surface area contributed by atoms with Crippen molar-refractivity contribution in [2.45, 2.75) is 63.5 Å². The molecule has 5 nitrogen and oxygen atoms in total. The number of carbonyl (C=O) groups excluding carboxylic acids is 1. The van der Waals surface area contributed by atoms with E-state index < -0.39 is 12.0 Å². The molecule has 1 atom stereocenters. The van der Waals surface area contributed by atoms with Crippen LogP contribution in [0.25, 0.3) is 0 Å². The highest BCUT2D eigenvalue weighted by atomic mass is 16.5. The van der Waals surface area contributed by atoms with Gasteiger partial charge in [0.2, 0.25) is 0 Å². The van der Waals surface area contributed by atoms with Gasteiger partial charge < -0.3 is 15.2 Å². The summed E-state index contributed by atoms with van der Waals surface area (Å²) in [4.78, 5) is 22.2. The van der Waals surface area contributed by atoms with Crippen molar-refractivity contribution >= 4 is 11.9 Å². The second kappa shape index (κ2) is 8.08. The number of carboxylic acid groups (broad SMARTS) is 1. The summed E-state index contributed by atoms with van der Waals surface area (Å²) in [6.07, 6.45) is 7.27. The SMILES string of the molecule is COC(=O)CCC(NC1CCCCCC1)C(=O)O. The van der Waals surface area contributed by atoms with Crippen LogP contribution < -0.4 is 5.32 Å². The van der Waals surface area contributed by atoms with Crippen molar-refractivity contribution in [3.63, 3.8) is 0 Å². The first kappa shape index (κ1) is 15.0. The Morgan fingerprint density at radius 1 is 1.28 bits per heavy atom. The molecule has 0 bridgehead atoms. The normalized spacial score (nSPS) is 18.9. The molecule has 2 N–H and O–H groups in total. The zero-order valence-electron chi connectivity index (χ0n) is 11.0. The van der Waals surface area contributed by atoms with Gasteiger partial charge in [0.15, 0.2) is 0 Å². The van der Waals surface area contributed by atoms with E-state index in [0.717, 1.165) is 25.7 Å². The lowest BCUT2D eigenvalue weighted by atomic mass is 10.1. The van der Waals surface area contributed by atoms with Crippen LogP contribution in [0.3, 0.4) is 0 Å². The van der Waals surface area contributed by atoms with E-state index in [2.05, 4.69) is 10.1 Å². The molecule has 0 aromatic carbocycles. The summed E-state index contributed by atoms with van der Waals surface area (Å²) in [6, 6.07) is -0.376. The van der Waals surface area contributed by atoms with E-state index in [1.54, 1.807) is 0 Å². The number of rotatable bonds is 6. The van der Waals surface area contributed by atoms with Gasteiger partial charge >= 0.3 is 11.9 Å². The fourth-order valence-corrected chi connectivity index (χ4v) is 2.37. The lowest BCUT2D eigenvalue weighted by Gasteiger charge is -2.21. The molecule has 5 heteroatoms. The van der Waals surface area contributed by atoms with Gasteiger partial charge in [-0.3, -0.25) is 9.59 Å². The minimum Gasteiger partial charge on any atom is -0.480 e. The fraction of sp³-hybridized carbons (Fsp3) is 0.846. The first-order valence-corrected chi connectivity index (χ1v) is 6.69. The van der Waals surface area contributed by atoms with Crippen molar-refractivity contribution in [1.82, 2.24) is 5.32 Å². The van der Waals surface area contributed by atoms with Crippen LogP contribution in [0.1, 0.15) is 51.4 Å². The molecule has 1 aliphatic rings. The quantitative estimate of drug-likeness (QED) is 0.559. The zero-order chi connectivity index (χ0) is 13.4. The van der Waals surface area contributed by atoms with Crippen LogP contribution in [0.15, 0.2) is 0 Å². The molecule has 18 heavy (non-hydrogen) atoms. The highest BCUT2D eigenvalue weighted by Gasteiger charge is 2.23. The van der Waals surface area contributed by atoms with Crippen LogP contribution in [0.4, 0.5) is 0 Å². The maximum Gasteiger partial charge on any atom is 0.320 e. The number of methoxy groups -OCH3 is 1. The van der Waals surface area contributed by atoms with Crippen molar-refractivity contribution in [3.05, 3.63) is 0 Å². The van der Waals surface area contributed by atoms with E-state index in [-0.39, 0.29) is 18.4 Å². The number of carbonyl (C=O) groups is 2. The van der Waals surface area contributed by atoms with E-state index in [4.69, 9.17) is 5.11 Å². The summed E-state index contributed by atoms with van der Waals surface area (Å²) in [6.45, 7) is 0. The third kappa shape index (κ3) is 5.49. The maximum absolute atomic E-state index is 11.1. The molecule has 0 aromatic rings. The van der Waals surface area contributed by atoms with Gasteiger partial charge in [0.25, 0.3) is 0 Å². The minimum absolute atomic E-state index is 0.146. The van der Waals surface area contributed by atoms with Gasteiger partial charge in [-0.2, -0.15) is 0 Å². The van der Waals surface area contributed by atoms with Crippen molar-refractivity contribution in [3.8, 4) is 0 Å². The van der Waals surface area contributed by atoms with Crippen molar-refractivity contribution in [2.24, 2.45) is 0 Å². The molecule has 0 aliphatic heterocycles. The number of hydrogen-bond donors (Lipinski definition) is 2. The van der Waals surface area contributed by atoms with Crippen LogP contribution >= 0.6 is 0 Å². The Morgan fingerprint density at radius 3 is 2.39 bits per heavy atom. The molecule has 0 amide bonds. The summed E-state index contributed by atoms with van der Waals surface area (Å²) < 4.78 is 4.53. The molecular weight excluding hydrogens is 234 g/mol. The lowest BCUT2D eigenvalue weighted by Crippen LogP contribution is -2.43. The monoisotopic (exact) mass is 257 g/mol. The van der Waals surface area contributed by atoms with Gasteiger partial charge in [0.05, 0.1) is 7.11 Å². The smallest absolute Gasteiger partial charge is 0.320 e. The van der Waals surface area contributed by atoms with Gasteiger partial charge in [0.1, 0.15) is 6.04 Å². The van der Waals surface area contributed by atoms with E-state index >= 15 is 0 Å². The number of aliphatic carboxylic acids is 1. The van der Waals surface area contributed by atoms with E-state index in [1.807, 2.05) is 0 Å². The van der Waals surface area contributed by atoms with Gasteiger partial charge in [0, 0.05) is 12.5 Å². The Labute approximate surface area is 108 Å². The molecule has 0 aromatic heterocycles. The van der Waals surface area contributed by atoms with Crippen LogP contribution in [-0.2, 0) is 14.3 Å². The van der Waals surface area contributed by atoms with Gasteiger partial charge in [-0.05, 0) is 19.3 Å². The molecule has 1 aliphatic carbocycles. The average molecular weight is 257 g/mol. The predicted molar refractivity (Wildman–Crippen MR) is 67.3 cm³/mol. The molecule has 0 saturated heterocycles. The van der Waals surface area contributed by atoms with E-state index in [1.165, 1.54) is 20.0 Å². The maximum atomic E-state index is 11.1. The standard InChI is InChI=1S/C13H23NO4/c1-18-12(15)9-8-11(13(16)17)14-10-6-4-2-3-5-7-10/h10-11,14H,2-9H2,1H3,(H,16,17). The Kier molecular flexibility index (Phi) is 6.72. The molecule has 0 heterocycles. The first-order valence-electron chi connectivity index (χ1n) is 6.69. The lowest BCUT2D eigenvalue weighted by molar-refractivity contribution is -0.142.